The van der Waals surface area contributed by atoms with Crippen LogP contribution in [0.2, 0.25) is 0 Å². The van der Waals surface area contributed by atoms with Gasteiger partial charge in [-0.1, -0.05) is 44.2 Å². The minimum atomic E-state index is -1.08. The molecule has 2 bridgehead atoms. The molecule has 6 N–H and O–H groups in total. The predicted molar refractivity (Wildman–Crippen MR) is 317 cm³/mol. The second-order valence-electron chi connectivity index (χ2n) is 23.9. The molecule has 9 heterocycles. The summed E-state index contributed by atoms with van der Waals surface area (Å²) in [6.45, 7) is 10.4. The third-order valence-electron chi connectivity index (χ3n) is 18.0. The summed E-state index contributed by atoms with van der Waals surface area (Å²) in [5, 5.41) is 47.1. The van der Waals surface area contributed by atoms with E-state index < -0.39 is 59.9 Å². The van der Waals surface area contributed by atoms with Crippen molar-refractivity contribution in [2.24, 2.45) is 5.92 Å². The smallest absolute Gasteiger partial charge is 0.319 e. The number of aryl methyl sites for hydroxylation is 2. The monoisotopic (exact) mass is 1150 g/mol. The Labute approximate surface area is 487 Å². The van der Waals surface area contributed by atoms with Gasteiger partial charge in [-0.2, -0.15) is 25.3 Å². The van der Waals surface area contributed by atoms with Crippen LogP contribution in [0.25, 0.3) is 66.0 Å². The van der Waals surface area contributed by atoms with E-state index in [9.17, 15) is 24.6 Å². The van der Waals surface area contributed by atoms with Gasteiger partial charge in [-0.05, 0) is 103 Å². The maximum atomic E-state index is 17.2. The number of pyridine rings is 1. The van der Waals surface area contributed by atoms with E-state index in [-0.39, 0.29) is 54.7 Å². The van der Waals surface area contributed by atoms with Crippen molar-refractivity contribution in [1.29, 1.82) is 0 Å². The zero-order valence-electron chi connectivity index (χ0n) is 47.8. The number of piperazine rings is 1. The lowest BCUT2D eigenvalue weighted by Crippen LogP contribution is -2.50. The second-order valence-corrected chi connectivity index (χ2v) is 23.9. The molecule has 85 heavy (non-hydrogen) atoms. The molecule has 5 fully saturated rings. The van der Waals surface area contributed by atoms with Crippen molar-refractivity contribution in [2.45, 2.75) is 128 Å². The van der Waals surface area contributed by atoms with E-state index in [1.165, 1.54) is 15.6 Å². The van der Waals surface area contributed by atoms with Crippen LogP contribution in [0.1, 0.15) is 99.6 Å². The average molecular weight is 1150 g/mol. The summed E-state index contributed by atoms with van der Waals surface area (Å²) in [5.74, 6) is -0.571. The number of β-amino-alcohol motifs (C(OH)–C–C–N with tert-alkyl or cyclic N) is 1. The largest absolute Gasteiger partial charge is 0.486 e. The van der Waals surface area contributed by atoms with Crippen molar-refractivity contribution in [2.75, 3.05) is 44.4 Å². The normalized spacial score (nSPS) is 20.7. The number of carbonyl (C=O) groups is 2. The zero-order valence-corrected chi connectivity index (χ0v) is 47.8. The summed E-state index contributed by atoms with van der Waals surface area (Å²) < 4.78 is 39.9. The minimum Gasteiger partial charge on any atom is -0.486 e. The molecule has 0 unspecified atom stereocenters. The van der Waals surface area contributed by atoms with Crippen molar-refractivity contribution >= 4 is 61.2 Å². The number of halogens is 1. The number of ether oxygens (including phenoxy) is 3. The third-order valence-corrected chi connectivity index (χ3v) is 18.0. The van der Waals surface area contributed by atoms with Crippen molar-refractivity contribution in [1.82, 2.24) is 60.2 Å². The summed E-state index contributed by atoms with van der Waals surface area (Å²) in [5.41, 5.74) is 7.74. The number of likely N-dealkylation sites (tertiary alicyclic amines) is 1. The van der Waals surface area contributed by atoms with E-state index in [2.05, 4.69) is 60.0 Å². The predicted octanol–water partition coefficient (Wildman–Crippen LogP) is 7.27. The Morgan fingerprint density at radius 3 is 2.49 bits per heavy atom. The molecule has 1 saturated carbocycles. The van der Waals surface area contributed by atoms with Gasteiger partial charge in [0.05, 0.1) is 49.4 Å². The molecule has 4 aromatic carbocycles. The van der Waals surface area contributed by atoms with Gasteiger partial charge in [0.1, 0.15) is 41.9 Å². The number of H-pyrrole nitrogens is 2. The summed E-state index contributed by atoms with van der Waals surface area (Å²) in [7, 11) is 0. The maximum Gasteiger partial charge on any atom is 0.319 e. The quantitative estimate of drug-likeness (QED) is 0.0524. The van der Waals surface area contributed by atoms with Gasteiger partial charge < -0.3 is 49.8 Å². The zero-order chi connectivity index (χ0) is 58.4. The first-order valence-corrected chi connectivity index (χ1v) is 29.7. The molecule has 21 nitrogen and oxygen atoms in total. The number of amides is 2. The highest BCUT2D eigenvalue weighted by atomic mass is 19.1. The molecule has 5 aliphatic rings. The summed E-state index contributed by atoms with van der Waals surface area (Å²) >= 11 is 0. The maximum absolute atomic E-state index is 17.2. The molecule has 1 aliphatic carbocycles. The van der Waals surface area contributed by atoms with E-state index in [0.29, 0.717) is 71.8 Å². The van der Waals surface area contributed by atoms with Gasteiger partial charge in [-0.15, -0.1) is 0 Å². The van der Waals surface area contributed by atoms with Crippen LogP contribution in [0.4, 0.5) is 10.2 Å². The molecule has 14 rings (SSSR count). The fourth-order valence-corrected chi connectivity index (χ4v) is 13.5. The number of benzene rings is 4. The molecular weight excluding hydrogens is 1090 g/mol. The van der Waals surface area contributed by atoms with Gasteiger partial charge in [0, 0.05) is 108 Å². The van der Waals surface area contributed by atoms with Gasteiger partial charge in [0.15, 0.2) is 11.3 Å². The Bertz CT molecular complexity index is 4130. The number of carbonyl (C=O) groups excluding carboxylic acids is 2. The molecule has 4 aliphatic heterocycles. The Morgan fingerprint density at radius 1 is 0.929 bits per heavy atom. The number of hydrogen-bond donors (Lipinski definition) is 6. The minimum absolute atomic E-state index is 0.00544. The number of nitrogens with zero attached hydrogens (tertiary/aromatic N) is 9. The number of aromatic amines is 2. The molecule has 440 valence electrons. The van der Waals surface area contributed by atoms with Crippen molar-refractivity contribution in [3.05, 3.63) is 118 Å². The van der Waals surface area contributed by atoms with Crippen molar-refractivity contribution in [3.63, 3.8) is 0 Å². The molecule has 2 amide bonds. The highest BCUT2D eigenvalue weighted by Gasteiger charge is 2.44. The molecule has 22 heteroatoms. The Morgan fingerprint density at radius 2 is 1.75 bits per heavy atom. The van der Waals surface area contributed by atoms with E-state index >= 15 is 4.39 Å². The average Bonchev–Trinajstić information content (AvgIpc) is 2.39. The molecule has 6 atom stereocenters. The molecule has 5 aromatic heterocycles. The van der Waals surface area contributed by atoms with Crippen LogP contribution in [-0.2, 0) is 27.5 Å². The Kier molecular flexibility index (Phi) is 14.1. The molecular formula is C63H68FN13O8. The van der Waals surface area contributed by atoms with Crippen LogP contribution < -0.4 is 30.6 Å². The number of fused-ring (bicyclic) bond motifs is 7. The number of hydrogen-bond acceptors (Lipinski definition) is 15. The number of aliphatic hydroxyl groups excluding tert-OH is 2. The van der Waals surface area contributed by atoms with Crippen molar-refractivity contribution < 1.29 is 38.4 Å². The van der Waals surface area contributed by atoms with E-state index in [4.69, 9.17) is 24.2 Å². The fourth-order valence-electron chi connectivity index (χ4n) is 13.5. The van der Waals surface area contributed by atoms with Crippen LogP contribution in [0.15, 0.2) is 84.0 Å². The summed E-state index contributed by atoms with van der Waals surface area (Å²) in [6.07, 6.45) is 8.32. The summed E-state index contributed by atoms with van der Waals surface area (Å²) in [4.78, 5) is 60.3. The van der Waals surface area contributed by atoms with Crippen LogP contribution in [0.5, 0.6) is 11.8 Å². The van der Waals surface area contributed by atoms with E-state index in [0.717, 1.165) is 88.0 Å². The van der Waals surface area contributed by atoms with Gasteiger partial charge in [-0.25, -0.2) is 4.39 Å². The first-order chi connectivity index (χ1) is 41.3. The number of nitrogens with one attached hydrogen (secondary N) is 4. The first kappa shape index (κ1) is 54.6. The van der Waals surface area contributed by atoms with E-state index in [1.807, 2.05) is 68.0 Å². The molecule has 0 radical (unpaired) electrons. The van der Waals surface area contributed by atoms with Crippen LogP contribution in [0.3, 0.4) is 0 Å². The molecule has 0 spiro atoms. The highest BCUT2D eigenvalue weighted by Crippen LogP contribution is 2.53. The molecule has 9 aromatic rings. The lowest BCUT2D eigenvalue weighted by molar-refractivity contribution is -0.142. The second kappa shape index (κ2) is 22.0. The van der Waals surface area contributed by atoms with Gasteiger partial charge in [0.25, 0.3) is 5.56 Å². The standard InChI is InChI=1S/C63H68FN13O8/c1-5-76-51(14-17-67-76)36-11-9-35(10-12-36)50(30-78)69-60(80)52-22-40(79)28-75(52)62(82)57(32(2)3)77-29-46-43-24-47(64)37(20-49(43)68-61(81)56(46)73-77)31-84-58-54(53-33(4)6-13-48-45(53)26-66-72-48)42(34-7-8-34)23-44-55(58)70-63(85-41-15-18-83-19-16-41)71-59(44)74-27-38-21-39(74)25-65-38/h6,9-14,17,20,23-24,26,29,32,34,38-41,50,52,57,65,78-79H,5,7-8,15-16,18-19,21-22,25,27-28,30-31H2,1-4H3,(H,66,72)(H,68,81)(H,69,80)/t38-,39-,40+,50-,52-,57-/m0/s1. The van der Waals surface area contributed by atoms with Crippen LogP contribution in [-0.4, -0.2) is 141 Å². The third kappa shape index (κ3) is 9.91. The fraction of sp³-hybridized carbons (Fsp3) is 0.429. The number of rotatable bonds is 17. The number of anilines is 1. The topological polar surface area (TPSA) is 256 Å². The van der Waals surface area contributed by atoms with Gasteiger partial charge in [-0.3, -0.25) is 28.8 Å². The first-order valence-electron chi connectivity index (χ1n) is 29.7. The Hall–Kier alpha value is -8.31. The highest BCUT2D eigenvalue weighted by molar-refractivity contribution is 6.07. The lowest BCUT2D eigenvalue weighted by atomic mass is 9.89. The summed E-state index contributed by atoms with van der Waals surface area (Å²) in [6, 6.07) is 16.5. The lowest BCUT2D eigenvalue weighted by Gasteiger charge is -2.31. The molecule has 4 saturated heterocycles. The SMILES string of the molecule is CCn1nccc1-c1ccc([C@H](CO)NC(=O)[C@@H]2C[C@@H](O)CN2C(=O)[C@H](C(C)C)n2cc3c(n2)c(=O)[nH]c2cc(COc4c(-c5c(C)ccc6[nH]ncc56)c(C5CC5)cc5c(N6C[C@@H]7C[C@H]6CN7)nc(OC6CCOCC6)nc45)c(F)cc23)cc1. The van der Waals surface area contributed by atoms with Crippen molar-refractivity contribution in [3.8, 4) is 34.1 Å². The van der Waals surface area contributed by atoms with Crippen LogP contribution in [0, 0.1) is 18.7 Å². The van der Waals surface area contributed by atoms with Gasteiger partial charge in [0.2, 0.25) is 11.8 Å². The van der Waals surface area contributed by atoms with Crippen LogP contribution >= 0.6 is 0 Å². The van der Waals surface area contributed by atoms with Gasteiger partial charge >= 0.3 is 6.01 Å². The van der Waals surface area contributed by atoms with E-state index in [1.54, 1.807) is 18.5 Å². The number of aliphatic hydroxyl groups is 2. The number of aromatic nitrogens is 9. The Balaban J connectivity index is 0.798.